The van der Waals surface area contributed by atoms with Crippen LogP contribution < -0.4 is 9.47 Å². The molecule has 0 N–H and O–H groups in total. The minimum atomic E-state index is -4.74. The number of carbonyl (C=O) groups excluding carboxylic acids is 1. The molecule has 7 nitrogen and oxygen atoms in total. The van der Waals surface area contributed by atoms with Gasteiger partial charge in [-0.15, -0.1) is 13.2 Å². The van der Waals surface area contributed by atoms with Crippen LogP contribution in [0.15, 0.2) is 48.5 Å². The molecule has 1 aromatic heterocycles. The van der Waals surface area contributed by atoms with Crippen molar-refractivity contribution in [1.82, 2.24) is 14.7 Å². The highest BCUT2D eigenvalue weighted by Gasteiger charge is 2.32. The van der Waals surface area contributed by atoms with Crippen molar-refractivity contribution in [3.8, 4) is 22.8 Å². The lowest BCUT2D eigenvalue weighted by Gasteiger charge is -2.25. The van der Waals surface area contributed by atoms with Gasteiger partial charge in [0.1, 0.15) is 11.5 Å². The first-order chi connectivity index (χ1) is 17.3. The second kappa shape index (κ2) is 11.4. The van der Waals surface area contributed by atoms with Crippen LogP contribution in [0.25, 0.3) is 11.3 Å². The maximum atomic E-state index is 12.4. The highest BCUT2D eigenvalue weighted by molar-refractivity contribution is 6.32. The zero-order chi connectivity index (χ0) is 27.4. The van der Waals surface area contributed by atoms with Crippen molar-refractivity contribution in [3.63, 3.8) is 0 Å². The molecule has 2 aromatic carbocycles. The number of hydrogen-bond acceptors (Lipinski definition) is 6. The van der Waals surface area contributed by atoms with Crippen LogP contribution in [0, 0.1) is 0 Å². The Morgan fingerprint density at radius 1 is 1.05 bits per heavy atom. The second-order valence-electron chi connectivity index (χ2n) is 8.99. The molecular formula is C26H29ClF3N3O4. The fraction of sp³-hybridized carbons (Fsp3) is 0.385. The topological polar surface area (TPSA) is 65.8 Å². The number of aromatic nitrogens is 2. The smallest absolute Gasteiger partial charge is 0.475 e. The monoisotopic (exact) mass is 539 g/mol. The Bertz CT molecular complexity index is 1230. The normalized spacial score (nSPS) is 12.1. The highest BCUT2D eigenvalue weighted by Crippen LogP contribution is 2.30. The van der Waals surface area contributed by atoms with Crippen molar-refractivity contribution >= 4 is 17.6 Å². The van der Waals surface area contributed by atoms with Crippen LogP contribution in [-0.2, 0) is 29.7 Å². The van der Waals surface area contributed by atoms with Crippen molar-refractivity contribution in [2.45, 2.75) is 45.8 Å². The third kappa shape index (κ3) is 7.87. The molecule has 11 heteroatoms. The van der Waals surface area contributed by atoms with Crippen molar-refractivity contribution in [2.75, 3.05) is 13.7 Å². The number of rotatable bonds is 10. The summed E-state index contributed by atoms with van der Waals surface area (Å²) in [6, 6.07) is 12.9. The van der Waals surface area contributed by atoms with Crippen LogP contribution in [0.1, 0.15) is 32.0 Å². The zero-order valence-electron chi connectivity index (χ0n) is 21.2. The molecule has 0 aliphatic heterocycles. The van der Waals surface area contributed by atoms with Crippen molar-refractivity contribution < 1.29 is 32.2 Å². The molecule has 0 spiro atoms. The number of nitrogens with zero attached hydrogens (tertiary/aromatic N) is 3. The molecule has 0 amide bonds. The average molecular weight is 540 g/mol. The molecule has 0 aliphatic carbocycles. The molecule has 0 radical (unpaired) electrons. The molecule has 200 valence electrons. The molecule has 0 atom stereocenters. The first-order valence-electron chi connectivity index (χ1n) is 11.5. The zero-order valence-corrected chi connectivity index (χ0v) is 22.0. The summed E-state index contributed by atoms with van der Waals surface area (Å²) >= 11 is 6.42. The summed E-state index contributed by atoms with van der Waals surface area (Å²) in [7, 11) is 3.75. The third-order valence-electron chi connectivity index (χ3n) is 5.37. The molecule has 0 unspecified atom stereocenters. The SMILES string of the molecule is CCOC(=O)C(C)(C)Oc1ccc(CN(C)Cc2cc(-c3ccc(OC(F)(F)F)cc3)nn2C)cc1Cl. The van der Waals surface area contributed by atoms with Gasteiger partial charge in [0.05, 0.1) is 23.0 Å². The van der Waals surface area contributed by atoms with Gasteiger partial charge in [0.15, 0.2) is 5.60 Å². The summed E-state index contributed by atoms with van der Waals surface area (Å²) in [5.74, 6) is -0.378. The van der Waals surface area contributed by atoms with Gasteiger partial charge in [-0.3, -0.25) is 9.58 Å². The van der Waals surface area contributed by atoms with Crippen LogP contribution in [-0.4, -0.2) is 46.3 Å². The van der Waals surface area contributed by atoms with E-state index < -0.39 is 17.9 Å². The summed E-state index contributed by atoms with van der Waals surface area (Å²) < 4.78 is 53.7. The van der Waals surface area contributed by atoms with Crippen LogP contribution in [0.2, 0.25) is 5.02 Å². The predicted octanol–water partition coefficient (Wildman–Crippen LogP) is 5.99. The first-order valence-corrected chi connectivity index (χ1v) is 11.9. The van der Waals surface area contributed by atoms with E-state index in [1.807, 2.05) is 26.2 Å². The van der Waals surface area contributed by atoms with Crippen molar-refractivity contribution in [1.29, 1.82) is 0 Å². The van der Waals surface area contributed by atoms with Gasteiger partial charge >= 0.3 is 12.3 Å². The van der Waals surface area contributed by atoms with E-state index in [9.17, 15) is 18.0 Å². The molecule has 0 saturated carbocycles. The Morgan fingerprint density at radius 3 is 2.32 bits per heavy atom. The Morgan fingerprint density at radius 2 is 1.73 bits per heavy atom. The van der Waals surface area contributed by atoms with E-state index in [2.05, 4.69) is 14.7 Å². The van der Waals surface area contributed by atoms with Crippen LogP contribution in [0.4, 0.5) is 13.2 Å². The van der Waals surface area contributed by atoms with E-state index in [1.54, 1.807) is 37.6 Å². The van der Waals surface area contributed by atoms with Gasteiger partial charge in [0, 0.05) is 25.7 Å². The number of benzene rings is 2. The van der Waals surface area contributed by atoms with Gasteiger partial charge in [0.2, 0.25) is 0 Å². The summed E-state index contributed by atoms with van der Waals surface area (Å²) in [4.78, 5) is 14.2. The third-order valence-corrected chi connectivity index (χ3v) is 5.67. The summed E-state index contributed by atoms with van der Waals surface area (Å²) in [6.07, 6.45) is -4.74. The Balaban J connectivity index is 1.64. The highest BCUT2D eigenvalue weighted by atomic mass is 35.5. The fourth-order valence-electron chi connectivity index (χ4n) is 3.61. The van der Waals surface area contributed by atoms with Gasteiger partial charge < -0.3 is 14.2 Å². The molecule has 3 rings (SSSR count). The molecule has 0 saturated heterocycles. The number of hydrogen-bond donors (Lipinski definition) is 0. The quantitative estimate of drug-likeness (QED) is 0.295. The van der Waals surface area contributed by atoms with E-state index in [4.69, 9.17) is 21.1 Å². The molecule has 0 fully saturated rings. The largest absolute Gasteiger partial charge is 0.573 e. The Kier molecular flexibility index (Phi) is 8.76. The average Bonchev–Trinajstić information content (AvgIpc) is 3.15. The van der Waals surface area contributed by atoms with Crippen molar-refractivity contribution in [2.24, 2.45) is 7.05 Å². The van der Waals surface area contributed by atoms with Crippen LogP contribution in [0.5, 0.6) is 11.5 Å². The lowest BCUT2D eigenvalue weighted by Crippen LogP contribution is -2.39. The maximum absolute atomic E-state index is 12.4. The molecule has 1 heterocycles. The van der Waals surface area contributed by atoms with E-state index in [-0.39, 0.29) is 12.4 Å². The predicted molar refractivity (Wildman–Crippen MR) is 133 cm³/mol. The van der Waals surface area contributed by atoms with E-state index in [1.165, 1.54) is 24.3 Å². The lowest BCUT2D eigenvalue weighted by atomic mass is 10.1. The Hall–Kier alpha value is -3.24. The molecule has 0 bridgehead atoms. The van der Waals surface area contributed by atoms with Crippen LogP contribution in [0.3, 0.4) is 0 Å². The van der Waals surface area contributed by atoms with Gasteiger partial charge in [-0.05, 0) is 75.8 Å². The number of aryl methyl sites for hydroxylation is 1. The number of halogens is 4. The van der Waals surface area contributed by atoms with Gasteiger partial charge in [-0.1, -0.05) is 17.7 Å². The van der Waals surface area contributed by atoms with Gasteiger partial charge in [0.25, 0.3) is 0 Å². The second-order valence-corrected chi connectivity index (χ2v) is 9.39. The summed E-state index contributed by atoms with van der Waals surface area (Å²) in [5.41, 5.74) is 1.98. The molecular weight excluding hydrogens is 511 g/mol. The molecule has 37 heavy (non-hydrogen) atoms. The van der Waals surface area contributed by atoms with E-state index >= 15 is 0 Å². The maximum Gasteiger partial charge on any atom is 0.573 e. The number of esters is 1. The fourth-order valence-corrected chi connectivity index (χ4v) is 3.86. The van der Waals surface area contributed by atoms with Gasteiger partial charge in [-0.25, -0.2) is 4.79 Å². The number of carbonyl (C=O) groups is 1. The lowest BCUT2D eigenvalue weighted by molar-refractivity contribution is -0.274. The summed E-state index contributed by atoms with van der Waals surface area (Å²) in [5, 5.41) is 4.86. The van der Waals surface area contributed by atoms with Crippen molar-refractivity contribution in [3.05, 3.63) is 64.8 Å². The molecule has 3 aromatic rings. The summed E-state index contributed by atoms with van der Waals surface area (Å²) in [6.45, 7) is 6.36. The minimum absolute atomic E-state index is 0.256. The molecule has 0 aliphatic rings. The Labute approximate surface area is 218 Å². The first kappa shape index (κ1) is 28.3. The van der Waals surface area contributed by atoms with E-state index in [0.717, 1.165) is 11.3 Å². The minimum Gasteiger partial charge on any atom is -0.475 e. The van der Waals surface area contributed by atoms with E-state index in [0.29, 0.717) is 35.1 Å². The van der Waals surface area contributed by atoms with Crippen LogP contribution >= 0.6 is 11.6 Å². The standard InChI is InChI=1S/C26H29ClF3N3O4/c1-6-35-24(34)25(2,3)37-23-12-7-17(13-21(23)27)15-32(4)16-19-14-22(31-33(19)5)18-8-10-20(11-9-18)36-26(28,29)30/h7-14H,6,15-16H2,1-5H3. The number of alkyl halides is 3. The number of ether oxygens (including phenoxy) is 3. The van der Waals surface area contributed by atoms with Gasteiger partial charge in [-0.2, -0.15) is 5.10 Å².